The van der Waals surface area contributed by atoms with E-state index in [-0.39, 0.29) is 12.3 Å². The van der Waals surface area contributed by atoms with Gasteiger partial charge in [-0.15, -0.1) is 0 Å². The number of rotatable bonds is 6. The summed E-state index contributed by atoms with van der Waals surface area (Å²) in [7, 11) is 0. The Hall–Kier alpha value is -2.88. The third kappa shape index (κ3) is 3.65. The first-order valence-electron chi connectivity index (χ1n) is 9.78. The maximum atomic E-state index is 12.2. The van der Waals surface area contributed by atoms with Crippen molar-refractivity contribution in [2.75, 3.05) is 5.32 Å². The molecular weight excluding hydrogens is 334 g/mol. The Kier molecular flexibility index (Phi) is 4.04. The molecule has 2 aromatic heterocycles. The van der Waals surface area contributed by atoms with Crippen LogP contribution in [0, 0.1) is 0 Å². The molecule has 2 aliphatic carbocycles. The summed E-state index contributed by atoms with van der Waals surface area (Å²) in [5, 5.41) is 2.96. The second kappa shape index (κ2) is 6.69. The van der Waals surface area contributed by atoms with E-state index in [1.165, 1.54) is 42.6 Å². The molecule has 0 unspecified atom stereocenters. The van der Waals surface area contributed by atoms with Crippen molar-refractivity contribution in [1.82, 2.24) is 9.55 Å². The SMILES string of the molecule is O=C(Cc1ccccn1)Nc1ccc(-n2cc(C3CC3)cc2C2CC2)cc1. The minimum absolute atomic E-state index is 0.0443. The van der Waals surface area contributed by atoms with Gasteiger partial charge in [-0.05, 0) is 85.5 Å². The highest BCUT2D eigenvalue weighted by molar-refractivity contribution is 5.92. The van der Waals surface area contributed by atoms with E-state index in [1.807, 2.05) is 30.3 Å². The number of anilines is 1. The quantitative estimate of drug-likeness (QED) is 0.688. The Labute approximate surface area is 159 Å². The van der Waals surface area contributed by atoms with Crippen LogP contribution in [0.1, 0.15) is 54.5 Å². The molecule has 27 heavy (non-hydrogen) atoms. The molecule has 0 saturated heterocycles. The first-order valence-corrected chi connectivity index (χ1v) is 9.78. The molecule has 3 aromatic rings. The number of carbonyl (C=O) groups is 1. The molecule has 4 nitrogen and oxygen atoms in total. The third-order valence-electron chi connectivity index (χ3n) is 5.41. The van der Waals surface area contributed by atoms with Crippen LogP contribution in [0.4, 0.5) is 5.69 Å². The Morgan fingerprint density at radius 2 is 1.81 bits per heavy atom. The van der Waals surface area contributed by atoms with Crippen molar-refractivity contribution < 1.29 is 4.79 Å². The van der Waals surface area contributed by atoms with Gasteiger partial charge in [-0.3, -0.25) is 9.78 Å². The third-order valence-corrected chi connectivity index (χ3v) is 5.41. The second-order valence-electron chi connectivity index (χ2n) is 7.71. The number of benzene rings is 1. The zero-order valence-electron chi connectivity index (χ0n) is 15.3. The highest BCUT2D eigenvalue weighted by Gasteiger charge is 2.31. The molecule has 0 spiro atoms. The topological polar surface area (TPSA) is 46.9 Å². The van der Waals surface area contributed by atoms with Crippen LogP contribution < -0.4 is 5.32 Å². The van der Waals surface area contributed by atoms with E-state index < -0.39 is 0 Å². The van der Waals surface area contributed by atoms with Crippen LogP contribution in [0.2, 0.25) is 0 Å². The Morgan fingerprint density at radius 1 is 1.04 bits per heavy atom. The maximum absolute atomic E-state index is 12.2. The van der Waals surface area contributed by atoms with Crippen molar-refractivity contribution in [3.05, 3.63) is 77.9 Å². The molecule has 1 amide bonds. The van der Waals surface area contributed by atoms with Gasteiger partial charge in [0.25, 0.3) is 0 Å². The molecule has 0 aliphatic heterocycles. The number of hydrogen-bond donors (Lipinski definition) is 1. The van der Waals surface area contributed by atoms with Crippen LogP contribution in [-0.4, -0.2) is 15.5 Å². The lowest BCUT2D eigenvalue weighted by atomic mass is 10.2. The summed E-state index contributed by atoms with van der Waals surface area (Å²) < 4.78 is 2.35. The van der Waals surface area contributed by atoms with E-state index in [0.29, 0.717) is 0 Å². The van der Waals surface area contributed by atoms with E-state index in [2.05, 4.69) is 39.3 Å². The van der Waals surface area contributed by atoms with E-state index in [4.69, 9.17) is 0 Å². The van der Waals surface area contributed by atoms with Gasteiger partial charge in [0.1, 0.15) is 0 Å². The Balaban J connectivity index is 1.31. The molecule has 2 fully saturated rings. The number of nitrogens with zero attached hydrogens (tertiary/aromatic N) is 2. The first kappa shape index (κ1) is 16.3. The molecule has 1 N–H and O–H groups in total. The smallest absolute Gasteiger partial charge is 0.230 e. The molecule has 4 heteroatoms. The lowest BCUT2D eigenvalue weighted by Gasteiger charge is -2.10. The molecule has 0 radical (unpaired) electrons. The van der Waals surface area contributed by atoms with Gasteiger partial charge >= 0.3 is 0 Å². The molecule has 0 atom stereocenters. The number of hydrogen-bond acceptors (Lipinski definition) is 2. The molecule has 1 aromatic carbocycles. The normalized spacial score (nSPS) is 16.3. The van der Waals surface area contributed by atoms with Gasteiger partial charge < -0.3 is 9.88 Å². The van der Waals surface area contributed by atoms with Crippen molar-refractivity contribution in [3.8, 4) is 5.69 Å². The monoisotopic (exact) mass is 357 g/mol. The average Bonchev–Trinajstić information content (AvgIpc) is 3.62. The lowest BCUT2D eigenvalue weighted by molar-refractivity contribution is -0.115. The van der Waals surface area contributed by atoms with Crippen molar-refractivity contribution in [2.24, 2.45) is 0 Å². The number of carbonyl (C=O) groups excluding carboxylic acids is 1. The number of nitrogens with one attached hydrogen (secondary N) is 1. The highest BCUT2D eigenvalue weighted by atomic mass is 16.1. The van der Waals surface area contributed by atoms with Gasteiger partial charge in [0, 0.05) is 35.2 Å². The maximum Gasteiger partial charge on any atom is 0.230 e. The van der Waals surface area contributed by atoms with Crippen LogP contribution >= 0.6 is 0 Å². The fourth-order valence-corrected chi connectivity index (χ4v) is 3.64. The molecule has 2 heterocycles. The molecule has 136 valence electrons. The van der Waals surface area contributed by atoms with Crippen molar-refractivity contribution >= 4 is 11.6 Å². The Bertz CT molecular complexity index is 951. The number of aromatic nitrogens is 2. The van der Waals surface area contributed by atoms with Gasteiger partial charge in [0.2, 0.25) is 5.91 Å². The molecular formula is C23H23N3O. The minimum Gasteiger partial charge on any atom is -0.326 e. The van der Waals surface area contributed by atoms with E-state index in [0.717, 1.165) is 23.2 Å². The first-order chi connectivity index (χ1) is 13.3. The van der Waals surface area contributed by atoms with Gasteiger partial charge in [0.05, 0.1) is 6.42 Å². The summed E-state index contributed by atoms with van der Waals surface area (Å²) in [6.07, 6.45) is 9.58. The van der Waals surface area contributed by atoms with Crippen LogP contribution in [0.3, 0.4) is 0 Å². The van der Waals surface area contributed by atoms with E-state index in [1.54, 1.807) is 6.20 Å². The van der Waals surface area contributed by atoms with Crippen LogP contribution in [-0.2, 0) is 11.2 Å². The Morgan fingerprint density at radius 3 is 2.48 bits per heavy atom. The summed E-state index contributed by atoms with van der Waals surface area (Å²) >= 11 is 0. The predicted octanol–water partition coefficient (Wildman–Crippen LogP) is 4.81. The van der Waals surface area contributed by atoms with E-state index in [9.17, 15) is 4.79 Å². The van der Waals surface area contributed by atoms with E-state index >= 15 is 0 Å². The summed E-state index contributed by atoms with van der Waals surface area (Å²) in [5.41, 5.74) is 5.71. The molecule has 2 saturated carbocycles. The fraction of sp³-hybridized carbons (Fsp3) is 0.304. The number of pyridine rings is 1. The van der Waals surface area contributed by atoms with Crippen molar-refractivity contribution in [3.63, 3.8) is 0 Å². The van der Waals surface area contributed by atoms with Gasteiger partial charge in [-0.2, -0.15) is 0 Å². The zero-order chi connectivity index (χ0) is 18.2. The zero-order valence-corrected chi connectivity index (χ0v) is 15.3. The standard InChI is InChI=1S/C23H23N3O/c27-23(14-20-3-1-2-12-24-20)25-19-8-10-21(11-9-19)26-15-18(16-4-5-16)13-22(26)17-6-7-17/h1-3,8-13,15-17H,4-7,14H2,(H,25,27). The summed E-state index contributed by atoms with van der Waals surface area (Å²) in [5.74, 6) is 1.45. The van der Waals surface area contributed by atoms with Crippen LogP contribution in [0.15, 0.2) is 60.9 Å². The molecule has 0 bridgehead atoms. The van der Waals surface area contributed by atoms with Gasteiger partial charge in [0.15, 0.2) is 0 Å². The largest absolute Gasteiger partial charge is 0.326 e. The number of amides is 1. The van der Waals surface area contributed by atoms with Gasteiger partial charge in [-0.25, -0.2) is 0 Å². The van der Waals surface area contributed by atoms with Crippen LogP contribution in [0.5, 0.6) is 0 Å². The minimum atomic E-state index is -0.0443. The molecule has 5 rings (SSSR count). The summed E-state index contributed by atoms with van der Waals surface area (Å²) in [6.45, 7) is 0. The lowest BCUT2D eigenvalue weighted by Crippen LogP contribution is -2.15. The summed E-state index contributed by atoms with van der Waals surface area (Å²) in [4.78, 5) is 16.4. The highest BCUT2D eigenvalue weighted by Crippen LogP contribution is 2.46. The fourth-order valence-electron chi connectivity index (χ4n) is 3.64. The van der Waals surface area contributed by atoms with Crippen molar-refractivity contribution in [1.29, 1.82) is 0 Å². The second-order valence-corrected chi connectivity index (χ2v) is 7.71. The average molecular weight is 357 g/mol. The summed E-state index contributed by atoms with van der Waals surface area (Å²) in [6, 6.07) is 16.2. The predicted molar refractivity (Wildman–Crippen MR) is 106 cm³/mol. The molecule has 2 aliphatic rings. The van der Waals surface area contributed by atoms with Crippen LogP contribution in [0.25, 0.3) is 5.69 Å². The van der Waals surface area contributed by atoms with Crippen molar-refractivity contribution in [2.45, 2.75) is 43.9 Å². The van der Waals surface area contributed by atoms with Gasteiger partial charge in [-0.1, -0.05) is 6.07 Å².